The first-order chi connectivity index (χ1) is 23.4. The number of amides is 1. The number of hydrogen-bond donors (Lipinski definition) is 2. The number of halogens is 2. The van der Waals surface area contributed by atoms with Crippen LogP contribution in [0.1, 0.15) is 60.6 Å². The molecular formula is C32H35Cl2N3O12S. The molecular weight excluding hydrogens is 721 g/mol. The van der Waals surface area contributed by atoms with Crippen molar-refractivity contribution in [2.75, 3.05) is 25.3 Å². The maximum absolute atomic E-state index is 13.0. The van der Waals surface area contributed by atoms with Gasteiger partial charge in [-0.25, -0.2) is 32.7 Å². The van der Waals surface area contributed by atoms with E-state index >= 15 is 0 Å². The van der Waals surface area contributed by atoms with E-state index in [0.29, 0.717) is 10.8 Å². The predicted molar refractivity (Wildman–Crippen MR) is 179 cm³/mol. The van der Waals surface area contributed by atoms with Crippen LogP contribution in [0.2, 0.25) is 10.0 Å². The number of sulfonamides is 1. The van der Waals surface area contributed by atoms with Crippen molar-refractivity contribution in [1.82, 2.24) is 4.90 Å². The maximum Gasteiger partial charge on any atom is 0.420 e. The zero-order valence-corrected chi connectivity index (χ0v) is 29.7. The minimum atomic E-state index is -4.29. The molecule has 1 amide bonds. The highest BCUT2D eigenvalue weighted by Crippen LogP contribution is 2.29. The Balaban J connectivity index is 1.48. The van der Waals surface area contributed by atoms with Crippen LogP contribution in [0.25, 0.3) is 0 Å². The highest BCUT2D eigenvalue weighted by Gasteiger charge is 2.36. The van der Waals surface area contributed by atoms with Crippen LogP contribution in [-0.4, -0.2) is 74.7 Å². The van der Waals surface area contributed by atoms with Crippen LogP contribution < -0.4 is 10.5 Å². The number of carbonyl (C=O) groups is 5. The smallest absolute Gasteiger partial charge is 0.420 e. The topological polar surface area (TPSA) is 211 Å². The van der Waals surface area contributed by atoms with Crippen molar-refractivity contribution in [3.63, 3.8) is 0 Å². The minimum absolute atomic E-state index is 0.0658. The summed E-state index contributed by atoms with van der Waals surface area (Å²) in [6, 6.07) is 10.7. The highest BCUT2D eigenvalue weighted by atomic mass is 35.5. The molecule has 50 heavy (non-hydrogen) atoms. The molecule has 1 aromatic heterocycles. The molecule has 18 heteroatoms. The summed E-state index contributed by atoms with van der Waals surface area (Å²) in [5.41, 5.74) is -0.688. The molecule has 270 valence electrons. The van der Waals surface area contributed by atoms with Crippen molar-refractivity contribution in [1.29, 1.82) is 0 Å². The normalized spacial score (nSPS) is 12.0. The Kier molecular flexibility index (Phi) is 13.8. The quantitative estimate of drug-likeness (QED) is 0.0558. The highest BCUT2D eigenvalue weighted by molar-refractivity contribution is 7.89. The third-order valence-corrected chi connectivity index (χ3v) is 8.33. The van der Waals surface area contributed by atoms with Gasteiger partial charge in [-0.05, 0) is 64.1 Å². The fourth-order valence-corrected chi connectivity index (χ4v) is 5.77. The molecule has 1 atom stereocenters. The van der Waals surface area contributed by atoms with Gasteiger partial charge in [0.2, 0.25) is 16.8 Å². The van der Waals surface area contributed by atoms with Crippen molar-refractivity contribution in [2.24, 2.45) is 5.14 Å². The molecule has 2 aromatic carbocycles. The van der Waals surface area contributed by atoms with Crippen LogP contribution in [0.5, 0.6) is 0 Å². The Labute approximate surface area is 297 Å². The number of nitrogens with zero attached hydrogens (tertiary/aromatic N) is 1. The lowest BCUT2D eigenvalue weighted by Gasteiger charge is -2.38. The first-order valence-electron chi connectivity index (χ1n) is 14.8. The van der Waals surface area contributed by atoms with E-state index in [-0.39, 0.29) is 48.0 Å². The average molecular weight is 757 g/mol. The van der Waals surface area contributed by atoms with Gasteiger partial charge in [-0.2, -0.15) is 0 Å². The lowest BCUT2D eigenvalue weighted by atomic mass is 9.98. The first-order valence-corrected chi connectivity index (χ1v) is 17.1. The standard InChI is InChI=1S/C32H35Cl2N3O12S/c1-19(27(38)20-8-5-9-21(33)14-20)37(32(2,3)4)31(42)49-18-48-30(41)29(40)47-13-7-12-46-28(39)23-15-26(50(35,43)44)24(34)16-25(23)36-17-22-10-6-11-45-22/h5-6,8-11,14-16,19,36H,7,12-13,17-18H2,1-4H3,(H2,35,43,44). The van der Waals surface area contributed by atoms with E-state index in [1.165, 1.54) is 25.3 Å². The van der Waals surface area contributed by atoms with Gasteiger partial charge in [-0.1, -0.05) is 35.3 Å². The van der Waals surface area contributed by atoms with Crippen molar-refractivity contribution >= 4 is 68.7 Å². The zero-order chi connectivity index (χ0) is 37.2. The van der Waals surface area contributed by atoms with Gasteiger partial charge < -0.3 is 28.7 Å². The third-order valence-electron chi connectivity index (χ3n) is 6.72. The van der Waals surface area contributed by atoms with E-state index in [2.05, 4.69) is 10.1 Å². The monoisotopic (exact) mass is 755 g/mol. The van der Waals surface area contributed by atoms with Gasteiger partial charge in [0.05, 0.1) is 48.3 Å². The summed E-state index contributed by atoms with van der Waals surface area (Å²) in [6.45, 7) is 5.01. The lowest BCUT2D eigenvalue weighted by Crippen LogP contribution is -2.53. The van der Waals surface area contributed by atoms with E-state index in [4.69, 9.17) is 47.0 Å². The predicted octanol–water partition coefficient (Wildman–Crippen LogP) is 4.95. The SMILES string of the molecule is CC(C(=O)c1cccc(Cl)c1)N(C(=O)OCOC(=O)C(=O)OCCCOC(=O)c1cc(S(N)(=O)=O)c(Cl)cc1NCc1ccco1)C(C)(C)C. The molecule has 1 heterocycles. The minimum Gasteiger partial charge on any atom is -0.467 e. The van der Waals surface area contributed by atoms with E-state index in [1.807, 2.05) is 0 Å². The Morgan fingerprint density at radius 2 is 1.62 bits per heavy atom. The fraction of sp³-hybridized carbons (Fsp3) is 0.344. The van der Waals surface area contributed by atoms with Crippen molar-refractivity contribution in [3.8, 4) is 0 Å². The van der Waals surface area contributed by atoms with Gasteiger partial charge >= 0.3 is 24.0 Å². The van der Waals surface area contributed by atoms with Gasteiger partial charge in [0, 0.05) is 22.5 Å². The Morgan fingerprint density at radius 1 is 0.940 bits per heavy atom. The number of benzene rings is 2. The van der Waals surface area contributed by atoms with Crippen LogP contribution in [-0.2, 0) is 45.1 Å². The summed E-state index contributed by atoms with van der Waals surface area (Å²) in [6.07, 6.45) is 0.394. The summed E-state index contributed by atoms with van der Waals surface area (Å²) < 4.78 is 48.9. The molecule has 0 aliphatic heterocycles. The number of esters is 3. The number of nitrogens with one attached hydrogen (secondary N) is 1. The van der Waals surface area contributed by atoms with Crippen LogP contribution in [0, 0.1) is 0 Å². The molecule has 0 saturated heterocycles. The zero-order valence-electron chi connectivity index (χ0n) is 27.4. The molecule has 3 aromatic rings. The molecule has 0 aliphatic rings. The fourth-order valence-electron chi connectivity index (χ4n) is 4.48. The van der Waals surface area contributed by atoms with Gasteiger partial charge in [0.1, 0.15) is 10.7 Å². The number of carbonyl (C=O) groups excluding carboxylic acids is 5. The summed E-state index contributed by atoms with van der Waals surface area (Å²) in [5, 5.41) is 8.24. The number of ketones is 1. The van der Waals surface area contributed by atoms with E-state index in [1.54, 1.807) is 51.1 Å². The Bertz CT molecular complexity index is 1830. The molecule has 0 fully saturated rings. The number of nitrogens with two attached hydrogens (primary N) is 1. The van der Waals surface area contributed by atoms with Crippen LogP contribution in [0.4, 0.5) is 10.5 Å². The number of ether oxygens (including phenoxy) is 4. The second-order valence-electron chi connectivity index (χ2n) is 11.5. The molecule has 15 nitrogen and oxygen atoms in total. The molecule has 3 rings (SSSR count). The van der Waals surface area contributed by atoms with Gasteiger partial charge in [0.15, 0.2) is 5.78 Å². The second-order valence-corrected chi connectivity index (χ2v) is 13.9. The molecule has 0 radical (unpaired) electrons. The Hall–Kier alpha value is -4.64. The summed E-state index contributed by atoms with van der Waals surface area (Å²) in [5.74, 6) is -3.73. The van der Waals surface area contributed by atoms with Crippen molar-refractivity contribution in [2.45, 2.75) is 57.1 Å². The van der Waals surface area contributed by atoms with Gasteiger partial charge in [-0.3, -0.25) is 9.69 Å². The molecule has 0 aliphatic carbocycles. The average Bonchev–Trinajstić information content (AvgIpc) is 3.55. The number of furan rings is 1. The van der Waals surface area contributed by atoms with E-state index in [0.717, 1.165) is 11.0 Å². The number of rotatable bonds is 14. The summed E-state index contributed by atoms with van der Waals surface area (Å²) >= 11 is 12.1. The lowest BCUT2D eigenvalue weighted by molar-refractivity contribution is -0.173. The van der Waals surface area contributed by atoms with Crippen molar-refractivity contribution < 1.29 is 55.8 Å². The van der Waals surface area contributed by atoms with Crippen LogP contribution in [0.3, 0.4) is 0 Å². The summed E-state index contributed by atoms with van der Waals surface area (Å²) in [4.78, 5) is 63.6. The van der Waals surface area contributed by atoms with Gasteiger partial charge in [-0.15, -0.1) is 0 Å². The maximum atomic E-state index is 13.0. The Morgan fingerprint density at radius 3 is 2.24 bits per heavy atom. The number of Topliss-reactive ketones (excluding diaryl/α,β-unsaturated/α-hetero) is 1. The summed E-state index contributed by atoms with van der Waals surface area (Å²) in [7, 11) is -4.29. The van der Waals surface area contributed by atoms with Gasteiger partial charge in [0.25, 0.3) is 0 Å². The number of anilines is 1. The molecule has 1 unspecified atom stereocenters. The molecule has 3 N–H and O–H groups in total. The third kappa shape index (κ3) is 11.2. The van der Waals surface area contributed by atoms with Crippen LogP contribution >= 0.6 is 23.2 Å². The molecule has 0 saturated carbocycles. The first kappa shape index (κ1) is 39.8. The largest absolute Gasteiger partial charge is 0.467 e. The van der Waals surface area contributed by atoms with E-state index < -0.39 is 63.1 Å². The second kappa shape index (κ2) is 17.3. The van der Waals surface area contributed by atoms with Crippen molar-refractivity contribution in [3.05, 3.63) is 81.7 Å². The molecule has 0 spiro atoms. The van der Waals surface area contributed by atoms with E-state index in [9.17, 15) is 32.4 Å². The number of primary sulfonamides is 1. The van der Waals surface area contributed by atoms with Crippen LogP contribution in [0.15, 0.2) is 64.1 Å². The number of hydrogen-bond acceptors (Lipinski definition) is 13. The molecule has 0 bridgehead atoms.